The highest BCUT2D eigenvalue weighted by atomic mass is 16.1. The molecule has 0 atom stereocenters. The Morgan fingerprint density at radius 2 is 1.42 bits per heavy atom. The fourth-order valence-corrected chi connectivity index (χ4v) is 2.45. The summed E-state index contributed by atoms with van der Waals surface area (Å²) in [5.41, 5.74) is 4.96. The number of nitrogens with one attached hydrogen (secondary N) is 2. The van der Waals surface area contributed by atoms with Gasteiger partial charge in [-0.1, -0.05) is 18.2 Å². The van der Waals surface area contributed by atoms with Crippen LogP contribution < -0.4 is 10.6 Å². The molecule has 0 saturated heterocycles. The zero-order valence-corrected chi connectivity index (χ0v) is 13.7. The summed E-state index contributed by atoms with van der Waals surface area (Å²) >= 11 is 0. The molecule has 0 aliphatic heterocycles. The molecule has 0 radical (unpaired) electrons. The van der Waals surface area contributed by atoms with Crippen molar-refractivity contribution < 1.29 is 4.79 Å². The van der Waals surface area contributed by atoms with Gasteiger partial charge in [-0.05, 0) is 62.4 Å². The third kappa shape index (κ3) is 3.79. The number of carbonyl (C=O) groups is 1. The third-order valence-corrected chi connectivity index (χ3v) is 3.67. The normalized spacial score (nSPS) is 10.2. The van der Waals surface area contributed by atoms with E-state index >= 15 is 0 Å². The Kier molecular flexibility index (Phi) is 4.57. The van der Waals surface area contributed by atoms with Crippen LogP contribution >= 0.6 is 0 Å². The minimum absolute atomic E-state index is 0.149. The Morgan fingerprint density at radius 3 is 2.08 bits per heavy atom. The number of carbonyl (C=O) groups excluding carboxylic acids is 1. The van der Waals surface area contributed by atoms with Crippen LogP contribution in [-0.4, -0.2) is 10.9 Å². The quantitative estimate of drug-likeness (QED) is 0.733. The average molecular weight is 317 g/mol. The molecule has 4 heteroatoms. The van der Waals surface area contributed by atoms with Gasteiger partial charge in [0.05, 0.1) is 11.3 Å². The van der Waals surface area contributed by atoms with Gasteiger partial charge in [-0.15, -0.1) is 0 Å². The van der Waals surface area contributed by atoms with Crippen LogP contribution in [0, 0.1) is 13.8 Å². The maximum absolute atomic E-state index is 12.4. The van der Waals surface area contributed by atoms with E-state index in [4.69, 9.17) is 0 Å². The van der Waals surface area contributed by atoms with Crippen LogP contribution in [-0.2, 0) is 0 Å². The lowest BCUT2D eigenvalue weighted by Crippen LogP contribution is -2.14. The van der Waals surface area contributed by atoms with Crippen LogP contribution in [0.15, 0.2) is 66.7 Å². The summed E-state index contributed by atoms with van der Waals surface area (Å²) in [5, 5.41) is 6.21. The van der Waals surface area contributed by atoms with Gasteiger partial charge in [0, 0.05) is 22.8 Å². The number of anilines is 3. The lowest BCUT2D eigenvalue weighted by molar-refractivity contribution is 0.102. The molecule has 0 saturated carbocycles. The molecule has 4 nitrogen and oxygen atoms in total. The zero-order chi connectivity index (χ0) is 16.9. The van der Waals surface area contributed by atoms with Gasteiger partial charge in [-0.2, -0.15) is 0 Å². The number of para-hydroxylation sites is 1. The van der Waals surface area contributed by atoms with Gasteiger partial charge in [-0.25, -0.2) is 0 Å². The van der Waals surface area contributed by atoms with E-state index in [9.17, 15) is 4.79 Å². The monoisotopic (exact) mass is 317 g/mol. The summed E-state index contributed by atoms with van der Waals surface area (Å²) < 4.78 is 0. The summed E-state index contributed by atoms with van der Waals surface area (Å²) in [6, 6.07) is 21.2. The second-order valence-corrected chi connectivity index (χ2v) is 5.61. The summed E-state index contributed by atoms with van der Waals surface area (Å²) in [6.45, 7) is 3.75. The molecular weight excluding hydrogens is 298 g/mol. The van der Waals surface area contributed by atoms with Crippen LogP contribution in [0.5, 0.6) is 0 Å². The standard InChI is InChI=1S/C20H19N3O/c1-14-8-13-19(15(2)21-14)20(24)23-18-11-9-17(10-12-18)22-16-6-4-3-5-7-16/h3-13,22H,1-2H3,(H,23,24). The molecule has 1 aromatic heterocycles. The third-order valence-electron chi connectivity index (χ3n) is 3.67. The summed E-state index contributed by atoms with van der Waals surface area (Å²) in [7, 11) is 0. The van der Waals surface area contributed by atoms with Gasteiger partial charge in [0.1, 0.15) is 0 Å². The predicted octanol–water partition coefficient (Wildman–Crippen LogP) is 4.69. The average Bonchev–Trinajstić information content (AvgIpc) is 2.57. The van der Waals surface area contributed by atoms with Gasteiger partial charge in [-0.3, -0.25) is 9.78 Å². The first kappa shape index (κ1) is 15.7. The Hall–Kier alpha value is -3.14. The molecule has 2 aromatic carbocycles. The van der Waals surface area contributed by atoms with E-state index in [1.807, 2.05) is 74.5 Å². The first-order valence-electron chi connectivity index (χ1n) is 7.79. The van der Waals surface area contributed by atoms with E-state index in [1.54, 1.807) is 6.07 Å². The fourth-order valence-electron chi connectivity index (χ4n) is 2.45. The van der Waals surface area contributed by atoms with Crippen LogP contribution in [0.25, 0.3) is 0 Å². The number of amides is 1. The lowest BCUT2D eigenvalue weighted by Gasteiger charge is -2.10. The summed E-state index contributed by atoms with van der Waals surface area (Å²) in [6.07, 6.45) is 0. The molecule has 24 heavy (non-hydrogen) atoms. The molecule has 3 aromatic rings. The molecule has 0 bridgehead atoms. The highest BCUT2D eigenvalue weighted by Crippen LogP contribution is 2.19. The van der Waals surface area contributed by atoms with Gasteiger partial charge in [0.15, 0.2) is 0 Å². The Bertz CT molecular complexity index is 843. The summed E-state index contributed by atoms with van der Waals surface area (Å²) in [5.74, 6) is -0.149. The van der Waals surface area contributed by atoms with Crippen molar-refractivity contribution in [1.82, 2.24) is 4.98 Å². The van der Waals surface area contributed by atoms with Crippen molar-refractivity contribution in [2.45, 2.75) is 13.8 Å². The van der Waals surface area contributed by atoms with E-state index in [0.29, 0.717) is 5.56 Å². The second kappa shape index (κ2) is 6.96. The topological polar surface area (TPSA) is 54.0 Å². The van der Waals surface area contributed by atoms with Crippen LogP contribution in [0.2, 0.25) is 0 Å². The van der Waals surface area contributed by atoms with Crippen LogP contribution in [0.3, 0.4) is 0 Å². The highest BCUT2D eigenvalue weighted by molar-refractivity contribution is 6.05. The van der Waals surface area contributed by atoms with Gasteiger partial charge < -0.3 is 10.6 Å². The summed E-state index contributed by atoms with van der Waals surface area (Å²) in [4.78, 5) is 16.7. The molecule has 1 amide bonds. The molecule has 0 fully saturated rings. The number of hydrogen-bond acceptors (Lipinski definition) is 3. The van der Waals surface area contributed by atoms with Crippen LogP contribution in [0.4, 0.5) is 17.1 Å². The minimum atomic E-state index is -0.149. The van der Waals surface area contributed by atoms with Crippen LogP contribution in [0.1, 0.15) is 21.7 Å². The first-order chi connectivity index (χ1) is 11.6. The molecule has 0 unspecified atom stereocenters. The Balaban J connectivity index is 1.68. The van der Waals surface area contributed by atoms with Gasteiger partial charge in [0.2, 0.25) is 0 Å². The fraction of sp³-hybridized carbons (Fsp3) is 0.100. The molecule has 0 spiro atoms. The van der Waals surface area contributed by atoms with Gasteiger partial charge in [0.25, 0.3) is 5.91 Å². The molecule has 120 valence electrons. The van der Waals surface area contributed by atoms with Crippen molar-refractivity contribution in [1.29, 1.82) is 0 Å². The number of aryl methyl sites for hydroxylation is 2. The Labute approximate surface area is 141 Å². The maximum atomic E-state index is 12.4. The van der Waals surface area contributed by atoms with Crippen molar-refractivity contribution >= 4 is 23.0 Å². The van der Waals surface area contributed by atoms with Gasteiger partial charge >= 0.3 is 0 Å². The van der Waals surface area contributed by atoms with Crippen molar-refractivity contribution in [3.05, 3.63) is 83.7 Å². The number of benzene rings is 2. The zero-order valence-electron chi connectivity index (χ0n) is 13.7. The molecule has 1 heterocycles. The van der Waals surface area contributed by atoms with E-state index in [-0.39, 0.29) is 5.91 Å². The molecule has 0 aliphatic rings. The van der Waals surface area contributed by atoms with E-state index in [0.717, 1.165) is 28.5 Å². The largest absolute Gasteiger partial charge is 0.356 e. The minimum Gasteiger partial charge on any atom is -0.356 e. The number of rotatable bonds is 4. The number of hydrogen-bond donors (Lipinski definition) is 2. The molecule has 0 aliphatic carbocycles. The number of nitrogens with zero attached hydrogens (tertiary/aromatic N) is 1. The first-order valence-corrected chi connectivity index (χ1v) is 7.79. The maximum Gasteiger partial charge on any atom is 0.257 e. The molecular formula is C20H19N3O. The predicted molar refractivity (Wildman–Crippen MR) is 97.8 cm³/mol. The lowest BCUT2D eigenvalue weighted by atomic mass is 10.1. The smallest absolute Gasteiger partial charge is 0.257 e. The van der Waals surface area contributed by atoms with Crippen molar-refractivity contribution in [2.24, 2.45) is 0 Å². The SMILES string of the molecule is Cc1ccc(C(=O)Nc2ccc(Nc3ccccc3)cc2)c(C)n1. The highest BCUT2D eigenvalue weighted by Gasteiger charge is 2.10. The number of aromatic nitrogens is 1. The number of pyridine rings is 1. The van der Waals surface area contributed by atoms with Crippen molar-refractivity contribution in [3.8, 4) is 0 Å². The Morgan fingerprint density at radius 1 is 0.792 bits per heavy atom. The van der Waals surface area contributed by atoms with E-state index in [2.05, 4.69) is 15.6 Å². The van der Waals surface area contributed by atoms with Crippen molar-refractivity contribution in [3.63, 3.8) is 0 Å². The second-order valence-electron chi connectivity index (χ2n) is 5.61. The molecule has 3 rings (SSSR count). The van der Waals surface area contributed by atoms with E-state index in [1.165, 1.54) is 0 Å². The molecule has 2 N–H and O–H groups in total. The van der Waals surface area contributed by atoms with Crippen molar-refractivity contribution in [2.75, 3.05) is 10.6 Å². The van der Waals surface area contributed by atoms with E-state index < -0.39 is 0 Å².